The lowest BCUT2D eigenvalue weighted by molar-refractivity contribution is 0.458. The van der Waals surface area contributed by atoms with Gasteiger partial charge in [-0.2, -0.15) is 0 Å². The van der Waals surface area contributed by atoms with Gasteiger partial charge in [-0.3, -0.25) is 0 Å². The van der Waals surface area contributed by atoms with E-state index in [4.69, 9.17) is 0 Å². The van der Waals surface area contributed by atoms with Gasteiger partial charge in [0.25, 0.3) is 0 Å². The molecule has 0 aliphatic heterocycles. The molecule has 18 heavy (non-hydrogen) atoms. The Morgan fingerprint density at radius 2 is 1.83 bits per heavy atom. The van der Waals surface area contributed by atoms with Crippen LogP contribution in [0.5, 0.6) is 5.75 Å². The minimum Gasteiger partial charge on any atom is -0.507 e. The number of phenols is 1. The van der Waals surface area contributed by atoms with Gasteiger partial charge in [-0.05, 0) is 44.2 Å². The van der Waals surface area contributed by atoms with Crippen molar-refractivity contribution < 1.29 is 5.11 Å². The third-order valence-electron chi connectivity index (χ3n) is 3.87. The minimum atomic E-state index is 0.415. The molecule has 0 fully saturated rings. The normalized spacial score (nSPS) is 14.3. The van der Waals surface area contributed by atoms with Crippen LogP contribution in [0.25, 0.3) is 0 Å². The number of aromatic hydroxyl groups is 1. The Morgan fingerprint density at radius 3 is 2.39 bits per heavy atom. The molecule has 0 bridgehead atoms. The van der Waals surface area contributed by atoms with Crippen molar-refractivity contribution in [2.45, 2.75) is 59.9 Å². The third-order valence-corrected chi connectivity index (χ3v) is 3.87. The molecule has 1 aromatic rings. The van der Waals surface area contributed by atoms with Gasteiger partial charge in [-0.1, -0.05) is 33.3 Å². The zero-order chi connectivity index (χ0) is 13.7. The first kappa shape index (κ1) is 14.9. The molecule has 0 spiro atoms. The fourth-order valence-corrected chi connectivity index (χ4v) is 2.19. The Kier molecular flexibility index (Phi) is 5.52. The van der Waals surface area contributed by atoms with Crippen molar-refractivity contribution in [3.63, 3.8) is 0 Å². The van der Waals surface area contributed by atoms with E-state index in [9.17, 15) is 5.11 Å². The van der Waals surface area contributed by atoms with E-state index < -0.39 is 0 Å². The molecule has 0 heterocycles. The summed E-state index contributed by atoms with van der Waals surface area (Å²) in [5.74, 6) is 1.15. The summed E-state index contributed by atoms with van der Waals surface area (Å²) in [5, 5.41) is 13.5. The van der Waals surface area contributed by atoms with Gasteiger partial charge in [-0.15, -0.1) is 0 Å². The lowest BCUT2D eigenvalue weighted by Gasteiger charge is -2.23. The predicted octanol–water partition coefficient (Wildman–Crippen LogP) is 4.64. The molecule has 2 nitrogen and oxygen atoms in total. The van der Waals surface area contributed by atoms with Crippen LogP contribution in [0.4, 0.5) is 5.69 Å². The highest BCUT2D eigenvalue weighted by atomic mass is 16.3. The van der Waals surface area contributed by atoms with Crippen LogP contribution in [-0.2, 0) is 0 Å². The molecule has 102 valence electrons. The molecule has 0 saturated heterocycles. The van der Waals surface area contributed by atoms with E-state index in [-0.39, 0.29) is 0 Å². The summed E-state index contributed by atoms with van der Waals surface area (Å²) in [6.07, 6.45) is 3.51. The lowest BCUT2D eigenvalue weighted by atomic mass is 9.97. The quantitative estimate of drug-likeness (QED) is 0.770. The van der Waals surface area contributed by atoms with Gasteiger partial charge >= 0.3 is 0 Å². The number of aryl methyl sites for hydroxylation is 1. The third kappa shape index (κ3) is 3.66. The molecule has 2 N–H and O–H groups in total. The number of phenolic OH excluding ortho intramolecular Hbond substituents is 1. The number of rotatable bonds is 6. The van der Waals surface area contributed by atoms with Gasteiger partial charge in [0.15, 0.2) is 0 Å². The van der Waals surface area contributed by atoms with Crippen LogP contribution >= 0.6 is 0 Å². The summed E-state index contributed by atoms with van der Waals surface area (Å²) in [6, 6.07) is 4.53. The molecule has 2 unspecified atom stereocenters. The molecule has 0 aliphatic rings. The second-order valence-electron chi connectivity index (χ2n) is 5.40. The van der Waals surface area contributed by atoms with Crippen molar-refractivity contribution in [1.82, 2.24) is 0 Å². The Morgan fingerprint density at radius 1 is 1.17 bits per heavy atom. The molecule has 2 heteroatoms. The maximum atomic E-state index is 9.96. The molecule has 0 radical (unpaired) electrons. The predicted molar refractivity (Wildman–Crippen MR) is 79.4 cm³/mol. The second-order valence-corrected chi connectivity index (χ2v) is 5.40. The van der Waals surface area contributed by atoms with E-state index in [0.29, 0.717) is 11.8 Å². The summed E-state index contributed by atoms with van der Waals surface area (Å²) in [7, 11) is 0. The molecule has 1 rings (SSSR count). The molecule has 0 aliphatic carbocycles. The summed E-state index contributed by atoms with van der Waals surface area (Å²) in [6.45, 7) is 10.6. The first-order valence-corrected chi connectivity index (χ1v) is 7.05. The molecule has 0 aromatic heterocycles. The largest absolute Gasteiger partial charge is 0.507 e. The van der Waals surface area contributed by atoms with Gasteiger partial charge in [-0.25, -0.2) is 0 Å². The average molecular weight is 249 g/mol. The highest BCUT2D eigenvalue weighted by Crippen LogP contribution is 2.29. The van der Waals surface area contributed by atoms with Crippen molar-refractivity contribution in [3.8, 4) is 5.75 Å². The van der Waals surface area contributed by atoms with Gasteiger partial charge in [0.1, 0.15) is 5.75 Å². The summed E-state index contributed by atoms with van der Waals surface area (Å²) in [5.41, 5.74) is 2.96. The van der Waals surface area contributed by atoms with E-state index in [2.05, 4.69) is 32.2 Å². The molecule has 0 saturated carbocycles. The molecule has 2 atom stereocenters. The maximum absolute atomic E-state index is 9.96. The molecular formula is C16H27NO. The van der Waals surface area contributed by atoms with Gasteiger partial charge in [0, 0.05) is 17.3 Å². The van der Waals surface area contributed by atoms with E-state index >= 15 is 0 Å². The van der Waals surface area contributed by atoms with Crippen molar-refractivity contribution in [1.29, 1.82) is 0 Å². The number of hydrogen-bond donors (Lipinski definition) is 2. The van der Waals surface area contributed by atoms with Crippen LogP contribution in [-0.4, -0.2) is 11.1 Å². The van der Waals surface area contributed by atoms with Crippen molar-refractivity contribution in [2.24, 2.45) is 5.92 Å². The van der Waals surface area contributed by atoms with Crippen LogP contribution < -0.4 is 5.32 Å². The smallest absolute Gasteiger partial charge is 0.123 e. The van der Waals surface area contributed by atoms with Crippen LogP contribution in [0.2, 0.25) is 0 Å². The highest BCUT2D eigenvalue weighted by molar-refractivity contribution is 5.59. The minimum absolute atomic E-state index is 0.415. The number of benzene rings is 1. The fourth-order valence-electron chi connectivity index (χ4n) is 2.19. The van der Waals surface area contributed by atoms with Gasteiger partial charge in [0.2, 0.25) is 0 Å². The Bertz CT molecular complexity index is 387. The van der Waals surface area contributed by atoms with E-state index in [1.54, 1.807) is 0 Å². The lowest BCUT2D eigenvalue weighted by Crippen LogP contribution is -2.21. The fraction of sp³-hybridized carbons (Fsp3) is 0.625. The number of anilines is 1. The summed E-state index contributed by atoms with van der Waals surface area (Å²) in [4.78, 5) is 0. The summed E-state index contributed by atoms with van der Waals surface area (Å²) < 4.78 is 0. The van der Waals surface area contributed by atoms with Crippen molar-refractivity contribution in [2.75, 3.05) is 5.32 Å². The Labute approximate surface area is 111 Å². The maximum Gasteiger partial charge on any atom is 0.123 e. The van der Waals surface area contributed by atoms with Crippen molar-refractivity contribution >= 4 is 5.69 Å². The first-order valence-electron chi connectivity index (χ1n) is 7.05. The standard InChI is InChI=1S/C16H27NO/c1-6-11(3)10-14(7-2)17-15-9-8-12(4)16(18)13(15)5/h8-9,11,14,17-18H,6-7,10H2,1-5H3. The van der Waals surface area contributed by atoms with E-state index in [0.717, 1.165) is 29.2 Å². The van der Waals surface area contributed by atoms with Gasteiger partial charge in [0.05, 0.1) is 0 Å². The van der Waals surface area contributed by atoms with Gasteiger partial charge < -0.3 is 10.4 Å². The Balaban J connectivity index is 2.79. The van der Waals surface area contributed by atoms with E-state index in [1.807, 2.05) is 19.9 Å². The molecule has 1 aromatic carbocycles. The van der Waals surface area contributed by atoms with Crippen LogP contribution in [0.3, 0.4) is 0 Å². The zero-order valence-electron chi connectivity index (χ0n) is 12.4. The average Bonchev–Trinajstić information content (AvgIpc) is 2.38. The van der Waals surface area contributed by atoms with Crippen LogP contribution in [0, 0.1) is 19.8 Å². The summed E-state index contributed by atoms with van der Waals surface area (Å²) >= 11 is 0. The zero-order valence-corrected chi connectivity index (χ0v) is 12.4. The monoisotopic (exact) mass is 249 g/mol. The highest BCUT2D eigenvalue weighted by Gasteiger charge is 2.13. The molecule has 0 amide bonds. The Hall–Kier alpha value is -1.18. The second kappa shape index (κ2) is 6.67. The van der Waals surface area contributed by atoms with Crippen LogP contribution in [0.15, 0.2) is 12.1 Å². The SMILES string of the molecule is CCC(C)CC(CC)Nc1ccc(C)c(O)c1C. The number of hydrogen-bond acceptors (Lipinski definition) is 2. The first-order chi connectivity index (χ1) is 8.49. The van der Waals surface area contributed by atoms with Crippen molar-refractivity contribution in [3.05, 3.63) is 23.3 Å². The topological polar surface area (TPSA) is 32.3 Å². The van der Waals surface area contributed by atoms with E-state index in [1.165, 1.54) is 12.8 Å². The molecular weight excluding hydrogens is 222 g/mol. The van der Waals surface area contributed by atoms with Crippen LogP contribution in [0.1, 0.15) is 51.2 Å². The number of nitrogens with one attached hydrogen (secondary N) is 1.